The SMILES string of the molecule is CCN(CCO)C(=O)C1(c2cccc(F)c2)CCC1. The van der Waals surface area contributed by atoms with Crippen LogP contribution in [0.5, 0.6) is 0 Å². The minimum absolute atomic E-state index is 0.0147. The van der Waals surface area contributed by atoms with Crippen LogP contribution in [0, 0.1) is 5.82 Å². The third-order valence-electron chi connectivity index (χ3n) is 4.03. The minimum Gasteiger partial charge on any atom is -0.395 e. The van der Waals surface area contributed by atoms with Crippen molar-refractivity contribution in [1.82, 2.24) is 4.90 Å². The van der Waals surface area contributed by atoms with Crippen LogP contribution in [-0.2, 0) is 10.2 Å². The van der Waals surface area contributed by atoms with Gasteiger partial charge >= 0.3 is 0 Å². The van der Waals surface area contributed by atoms with Gasteiger partial charge in [-0.15, -0.1) is 0 Å². The lowest BCUT2D eigenvalue weighted by molar-refractivity contribution is -0.141. The van der Waals surface area contributed by atoms with Crippen molar-refractivity contribution in [1.29, 1.82) is 0 Å². The second kappa shape index (κ2) is 5.70. The van der Waals surface area contributed by atoms with Gasteiger partial charge in [0.2, 0.25) is 5.91 Å². The van der Waals surface area contributed by atoms with Gasteiger partial charge in [0.05, 0.1) is 12.0 Å². The summed E-state index contributed by atoms with van der Waals surface area (Å²) in [5.74, 6) is -0.289. The van der Waals surface area contributed by atoms with Crippen molar-refractivity contribution in [2.75, 3.05) is 19.7 Å². The number of aliphatic hydroxyl groups is 1. The van der Waals surface area contributed by atoms with Gasteiger partial charge in [-0.05, 0) is 37.5 Å². The molecular weight excluding hydrogens is 245 g/mol. The highest BCUT2D eigenvalue weighted by Gasteiger charge is 2.47. The van der Waals surface area contributed by atoms with E-state index in [2.05, 4.69) is 0 Å². The van der Waals surface area contributed by atoms with Crippen LogP contribution in [0.1, 0.15) is 31.7 Å². The Morgan fingerprint density at radius 1 is 1.47 bits per heavy atom. The first-order valence-electron chi connectivity index (χ1n) is 6.80. The van der Waals surface area contributed by atoms with Crippen LogP contribution in [0.3, 0.4) is 0 Å². The molecule has 19 heavy (non-hydrogen) atoms. The molecule has 1 aromatic rings. The molecule has 1 aliphatic rings. The van der Waals surface area contributed by atoms with E-state index in [0.717, 1.165) is 24.8 Å². The zero-order chi connectivity index (χ0) is 13.9. The molecule has 104 valence electrons. The predicted molar refractivity (Wildman–Crippen MR) is 71.3 cm³/mol. The maximum atomic E-state index is 13.4. The van der Waals surface area contributed by atoms with E-state index in [9.17, 15) is 9.18 Å². The maximum absolute atomic E-state index is 13.4. The van der Waals surface area contributed by atoms with E-state index in [4.69, 9.17) is 5.11 Å². The van der Waals surface area contributed by atoms with Gasteiger partial charge in [0.1, 0.15) is 5.82 Å². The summed E-state index contributed by atoms with van der Waals surface area (Å²) in [6.45, 7) is 2.76. The monoisotopic (exact) mass is 265 g/mol. The molecule has 1 N–H and O–H groups in total. The van der Waals surface area contributed by atoms with E-state index in [1.807, 2.05) is 13.0 Å². The van der Waals surface area contributed by atoms with Crippen molar-refractivity contribution in [3.8, 4) is 0 Å². The molecule has 0 unspecified atom stereocenters. The molecule has 0 aromatic heterocycles. The van der Waals surface area contributed by atoms with E-state index in [0.29, 0.717) is 13.1 Å². The Bertz CT molecular complexity index is 457. The van der Waals surface area contributed by atoms with Gasteiger partial charge in [-0.1, -0.05) is 18.6 Å². The van der Waals surface area contributed by atoms with Gasteiger partial charge in [0.25, 0.3) is 0 Å². The molecule has 0 spiro atoms. The molecule has 0 saturated heterocycles. The van der Waals surface area contributed by atoms with Crippen molar-refractivity contribution in [3.63, 3.8) is 0 Å². The van der Waals surface area contributed by atoms with Crippen LogP contribution in [0.2, 0.25) is 0 Å². The fourth-order valence-electron chi connectivity index (χ4n) is 2.77. The molecule has 0 bridgehead atoms. The molecule has 0 heterocycles. The van der Waals surface area contributed by atoms with E-state index in [-0.39, 0.29) is 18.3 Å². The summed E-state index contributed by atoms with van der Waals surface area (Å²) in [6.07, 6.45) is 2.51. The zero-order valence-electron chi connectivity index (χ0n) is 11.2. The summed E-state index contributed by atoms with van der Waals surface area (Å²) in [7, 11) is 0. The zero-order valence-corrected chi connectivity index (χ0v) is 11.2. The fourth-order valence-corrected chi connectivity index (χ4v) is 2.77. The van der Waals surface area contributed by atoms with Crippen LogP contribution >= 0.6 is 0 Å². The molecule has 4 heteroatoms. The third kappa shape index (κ3) is 2.50. The topological polar surface area (TPSA) is 40.5 Å². The Hall–Kier alpha value is -1.42. The van der Waals surface area contributed by atoms with Gasteiger partial charge in [0, 0.05) is 13.1 Å². The minimum atomic E-state index is -0.576. The molecule has 1 amide bonds. The quantitative estimate of drug-likeness (QED) is 0.885. The number of amides is 1. The van der Waals surface area contributed by atoms with Crippen molar-refractivity contribution >= 4 is 5.91 Å². The Balaban J connectivity index is 2.29. The van der Waals surface area contributed by atoms with Crippen LogP contribution < -0.4 is 0 Å². The standard InChI is InChI=1S/C15H20FNO2/c1-2-17(9-10-18)14(19)15(7-4-8-15)12-5-3-6-13(16)11-12/h3,5-6,11,18H,2,4,7-10H2,1H3. The first kappa shape index (κ1) is 14.0. The fraction of sp³-hybridized carbons (Fsp3) is 0.533. The van der Waals surface area contributed by atoms with Crippen molar-refractivity contribution in [2.45, 2.75) is 31.6 Å². The molecule has 0 radical (unpaired) electrons. The molecule has 1 aliphatic carbocycles. The first-order chi connectivity index (χ1) is 9.14. The largest absolute Gasteiger partial charge is 0.395 e. The molecule has 0 atom stereocenters. The van der Waals surface area contributed by atoms with Crippen molar-refractivity contribution < 1.29 is 14.3 Å². The molecule has 0 aliphatic heterocycles. The molecule has 3 nitrogen and oxygen atoms in total. The molecule has 1 fully saturated rings. The van der Waals surface area contributed by atoms with Crippen molar-refractivity contribution in [2.24, 2.45) is 0 Å². The Morgan fingerprint density at radius 3 is 2.68 bits per heavy atom. The summed E-state index contributed by atoms with van der Waals surface area (Å²) in [5.41, 5.74) is 0.188. The predicted octanol–water partition coefficient (Wildman–Crippen LogP) is 2.09. The molecule has 2 rings (SSSR count). The van der Waals surface area contributed by atoms with E-state index >= 15 is 0 Å². The summed E-state index contributed by atoms with van der Waals surface area (Å²) >= 11 is 0. The van der Waals surface area contributed by atoms with Gasteiger partial charge < -0.3 is 10.0 Å². The van der Waals surface area contributed by atoms with E-state index < -0.39 is 5.41 Å². The number of likely N-dealkylation sites (N-methyl/N-ethyl adjacent to an activating group) is 1. The van der Waals surface area contributed by atoms with Gasteiger partial charge in [0.15, 0.2) is 0 Å². The summed E-state index contributed by atoms with van der Waals surface area (Å²) in [4.78, 5) is 14.3. The molecule has 1 aromatic carbocycles. The second-order valence-corrected chi connectivity index (χ2v) is 5.05. The summed E-state index contributed by atoms with van der Waals surface area (Å²) in [6, 6.07) is 6.34. The number of hydrogen-bond acceptors (Lipinski definition) is 2. The molecular formula is C15H20FNO2. The lowest BCUT2D eigenvalue weighted by Gasteiger charge is -2.43. The normalized spacial score (nSPS) is 16.8. The van der Waals surface area contributed by atoms with E-state index in [1.165, 1.54) is 12.1 Å². The Morgan fingerprint density at radius 2 is 2.21 bits per heavy atom. The van der Waals surface area contributed by atoms with Gasteiger partial charge in [-0.25, -0.2) is 4.39 Å². The highest BCUT2D eigenvalue weighted by molar-refractivity contribution is 5.89. The smallest absolute Gasteiger partial charge is 0.233 e. The maximum Gasteiger partial charge on any atom is 0.233 e. The third-order valence-corrected chi connectivity index (χ3v) is 4.03. The second-order valence-electron chi connectivity index (χ2n) is 5.05. The number of carbonyl (C=O) groups excluding carboxylic acids is 1. The lowest BCUT2D eigenvalue weighted by atomic mass is 9.63. The molecule has 1 saturated carbocycles. The van der Waals surface area contributed by atoms with E-state index in [1.54, 1.807) is 11.0 Å². The van der Waals surface area contributed by atoms with Crippen molar-refractivity contribution in [3.05, 3.63) is 35.6 Å². The number of aliphatic hydroxyl groups excluding tert-OH is 1. The number of nitrogens with zero attached hydrogens (tertiary/aromatic N) is 1. The van der Waals surface area contributed by atoms with Gasteiger partial charge in [-0.3, -0.25) is 4.79 Å². The highest BCUT2D eigenvalue weighted by Crippen LogP contribution is 2.45. The average Bonchev–Trinajstić information content (AvgIpc) is 2.34. The number of rotatable bonds is 5. The highest BCUT2D eigenvalue weighted by atomic mass is 19.1. The van der Waals surface area contributed by atoms with Crippen LogP contribution in [0.15, 0.2) is 24.3 Å². The Kier molecular flexibility index (Phi) is 4.20. The average molecular weight is 265 g/mol. The number of carbonyl (C=O) groups is 1. The summed E-state index contributed by atoms with van der Waals surface area (Å²) in [5, 5.41) is 9.03. The number of hydrogen-bond donors (Lipinski definition) is 1. The first-order valence-corrected chi connectivity index (χ1v) is 6.80. The number of halogens is 1. The Labute approximate surface area is 113 Å². The summed E-state index contributed by atoms with van der Waals surface area (Å²) < 4.78 is 13.4. The van der Waals surface area contributed by atoms with Crippen LogP contribution in [0.25, 0.3) is 0 Å². The lowest BCUT2D eigenvalue weighted by Crippen LogP contribution is -2.51. The van der Waals surface area contributed by atoms with Gasteiger partial charge in [-0.2, -0.15) is 0 Å². The van der Waals surface area contributed by atoms with Crippen LogP contribution in [-0.4, -0.2) is 35.6 Å². The van der Waals surface area contributed by atoms with Crippen LogP contribution in [0.4, 0.5) is 4.39 Å². The number of benzene rings is 1.